The highest BCUT2D eigenvalue weighted by molar-refractivity contribution is 7.91. The molecule has 0 atom stereocenters. The minimum atomic E-state index is -3.84. The molecule has 7 heteroatoms. The summed E-state index contributed by atoms with van der Waals surface area (Å²) in [5.41, 5.74) is 0.360. The van der Waals surface area contributed by atoms with Gasteiger partial charge >= 0.3 is 0 Å². The summed E-state index contributed by atoms with van der Waals surface area (Å²) in [7, 11) is -3.84. The third-order valence-corrected chi connectivity index (χ3v) is 6.20. The lowest BCUT2D eigenvalue weighted by Gasteiger charge is -2.23. The van der Waals surface area contributed by atoms with Gasteiger partial charge in [0.1, 0.15) is 11.5 Å². The number of ether oxygens (including phenoxy) is 2. The maximum Gasteiger partial charge on any atom is 0.292 e. The van der Waals surface area contributed by atoms with Gasteiger partial charge in [-0.15, -0.1) is 10.5 Å². The van der Waals surface area contributed by atoms with Crippen LogP contribution in [-0.2, 0) is 20.7 Å². The van der Waals surface area contributed by atoms with Gasteiger partial charge in [-0.1, -0.05) is 41.5 Å². The summed E-state index contributed by atoms with van der Waals surface area (Å²) in [6, 6.07) is 8.92. The van der Waals surface area contributed by atoms with Gasteiger partial charge in [-0.05, 0) is 47.2 Å². The number of sulfone groups is 1. The molecule has 6 nitrogen and oxygen atoms in total. The Morgan fingerprint density at radius 1 is 0.724 bits per heavy atom. The minimum Gasteiger partial charge on any atom is -0.388 e. The van der Waals surface area contributed by atoms with Crippen LogP contribution in [0.25, 0.3) is 0 Å². The first-order valence-electron chi connectivity index (χ1n) is 8.98. The smallest absolute Gasteiger partial charge is 0.292 e. The second kappa shape index (κ2) is 7.77. The summed E-state index contributed by atoms with van der Waals surface area (Å²) in [5.74, 6) is 0.652. The van der Waals surface area contributed by atoms with Crippen molar-refractivity contribution in [2.24, 2.45) is 0 Å². The van der Waals surface area contributed by atoms with E-state index in [4.69, 9.17) is 20.0 Å². The minimum absolute atomic E-state index is 0.0986. The highest BCUT2D eigenvalue weighted by atomic mass is 32.2. The Kier molecular flexibility index (Phi) is 5.96. The quantitative estimate of drug-likeness (QED) is 0.667. The molecule has 0 aromatic heterocycles. The van der Waals surface area contributed by atoms with Crippen molar-refractivity contribution in [1.29, 1.82) is 10.5 Å². The van der Waals surface area contributed by atoms with Crippen LogP contribution in [0.2, 0.25) is 0 Å². The molecule has 152 valence electrons. The van der Waals surface area contributed by atoms with Gasteiger partial charge < -0.3 is 9.47 Å². The summed E-state index contributed by atoms with van der Waals surface area (Å²) in [5, 5.41) is 17.7. The van der Waals surface area contributed by atoms with Gasteiger partial charge in [-0.2, -0.15) is 0 Å². The molecule has 0 fully saturated rings. The van der Waals surface area contributed by atoms with E-state index in [1.54, 1.807) is 24.6 Å². The molecule has 0 spiro atoms. The van der Waals surface area contributed by atoms with Gasteiger partial charge in [0.25, 0.3) is 12.5 Å². The molecular formula is C22H24N2O4S. The summed E-state index contributed by atoms with van der Waals surface area (Å²) < 4.78 is 36.7. The molecule has 0 amide bonds. The lowest BCUT2D eigenvalue weighted by atomic mass is 9.86. The van der Waals surface area contributed by atoms with E-state index in [1.807, 2.05) is 41.5 Å². The molecule has 0 unspecified atom stereocenters. The molecule has 0 N–H and O–H groups in total. The van der Waals surface area contributed by atoms with Crippen molar-refractivity contribution in [1.82, 2.24) is 0 Å². The third kappa shape index (κ3) is 4.70. The van der Waals surface area contributed by atoms with Crippen molar-refractivity contribution in [3.8, 4) is 24.0 Å². The molecule has 0 saturated carbocycles. The van der Waals surface area contributed by atoms with Gasteiger partial charge in [-0.3, -0.25) is 0 Å². The first-order valence-corrected chi connectivity index (χ1v) is 10.5. The number of hydrogen-bond donors (Lipinski definition) is 0. The Hall–Kier alpha value is -3.03. The van der Waals surface area contributed by atoms with Crippen molar-refractivity contribution in [2.45, 2.75) is 62.2 Å². The average Bonchev–Trinajstić information content (AvgIpc) is 2.61. The fourth-order valence-electron chi connectivity index (χ4n) is 2.94. The van der Waals surface area contributed by atoms with Crippen LogP contribution in [0, 0.1) is 23.0 Å². The van der Waals surface area contributed by atoms with Crippen LogP contribution in [0.4, 0.5) is 0 Å². The van der Waals surface area contributed by atoms with Gasteiger partial charge in [0.05, 0.1) is 9.79 Å². The van der Waals surface area contributed by atoms with Gasteiger partial charge in [0.2, 0.25) is 9.84 Å². The maximum absolute atomic E-state index is 13.3. The number of nitriles is 2. The van der Waals surface area contributed by atoms with Gasteiger partial charge in [0, 0.05) is 11.1 Å². The van der Waals surface area contributed by atoms with E-state index in [0.29, 0.717) is 22.6 Å². The summed E-state index contributed by atoms with van der Waals surface area (Å²) in [4.78, 5) is 0.197. The molecule has 0 heterocycles. The predicted molar refractivity (Wildman–Crippen MR) is 108 cm³/mol. The lowest BCUT2D eigenvalue weighted by Crippen LogP contribution is -2.15. The first-order chi connectivity index (χ1) is 13.3. The Bertz CT molecular complexity index is 1030. The van der Waals surface area contributed by atoms with Crippen LogP contribution in [0.15, 0.2) is 46.2 Å². The van der Waals surface area contributed by atoms with Gasteiger partial charge in [0.15, 0.2) is 0 Å². The number of nitrogens with zero attached hydrogens (tertiary/aromatic N) is 2. The molecule has 0 radical (unpaired) electrons. The van der Waals surface area contributed by atoms with Crippen LogP contribution in [0.3, 0.4) is 0 Å². The molecule has 0 aliphatic rings. The van der Waals surface area contributed by atoms with Crippen LogP contribution in [0.5, 0.6) is 11.5 Å². The van der Waals surface area contributed by atoms with E-state index < -0.39 is 20.7 Å². The first kappa shape index (κ1) is 22.3. The maximum atomic E-state index is 13.3. The second-order valence-electron chi connectivity index (χ2n) is 8.71. The molecule has 0 aliphatic carbocycles. The predicted octanol–water partition coefficient (Wildman–Crippen LogP) is 4.83. The Morgan fingerprint density at radius 3 is 1.34 bits per heavy atom. The normalized spacial score (nSPS) is 12.0. The summed E-state index contributed by atoms with van der Waals surface area (Å²) in [6.07, 6.45) is 3.28. The Morgan fingerprint density at radius 2 is 1.07 bits per heavy atom. The van der Waals surface area contributed by atoms with Crippen LogP contribution >= 0.6 is 0 Å². The van der Waals surface area contributed by atoms with E-state index in [1.165, 1.54) is 24.3 Å². The number of benzene rings is 2. The van der Waals surface area contributed by atoms with Crippen molar-refractivity contribution < 1.29 is 17.9 Å². The molecule has 2 aromatic carbocycles. The van der Waals surface area contributed by atoms with Crippen LogP contribution in [0.1, 0.15) is 52.7 Å². The topological polar surface area (TPSA) is 100 Å². The Labute approximate surface area is 172 Å². The highest BCUT2D eigenvalue weighted by Gasteiger charge is 2.27. The monoisotopic (exact) mass is 412 g/mol. The van der Waals surface area contributed by atoms with Crippen LogP contribution < -0.4 is 9.47 Å². The van der Waals surface area contributed by atoms with Crippen molar-refractivity contribution in [3.05, 3.63) is 47.5 Å². The Balaban J connectivity index is 2.68. The molecule has 0 bridgehead atoms. The fraction of sp³-hybridized carbons (Fsp3) is 0.364. The highest BCUT2D eigenvalue weighted by Crippen LogP contribution is 2.37. The second-order valence-corrected chi connectivity index (χ2v) is 10.7. The molecule has 0 saturated heterocycles. The molecule has 29 heavy (non-hydrogen) atoms. The zero-order valence-electron chi connectivity index (χ0n) is 17.4. The molecular weight excluding hydrogens is 388 g/mol. The SMILES string of the molecule is CC(C)(C)c1cc(S(=O)(=O)c2ccc(OC#N)c(C(C)(C)C)c2)ccc1OC#N. The molecule has 2 aromatic rings. The van der Waals surface area contributed by atoms with Crippen molar-refractivity contribution in [3.63, 3.8) is 0 Å². The van der Waals surface area contributed by atoms with E-state index in [-0.39, 0.29) is 9.79 Å². The van der Waals surface area contributed by atoms with E-state index in [0.717, 1.165) is 0 Å². The molecule has 0 aliphatic heterocycles. The van der Waals surface area contributed by atoms with Crippen molar-refractivity contribution >= 4 is 9.84 Å². The lowest BCUT2D eigenvalue weighted by molar-refractivity contribution is 0.472. The zero-order chi connectivity index (χ0) is 22.0. The average molecular weight is 413 g/mol. The molecule has 2 rings (SSSR count). The standard InChI is InChI=1S/C22H24N2O4S/c1-21(2,3)17-11-15(7-9-19(17)27-13-23)29(25,26)16-8-10-20(28-14-24)18(12-16)22(4,5)6/h7-12H,1-6H3. The van der Waals surface area contributed by atoms with E-state index >= 15 is 0 Å². The third-order valence-electron chi connectivity index (χ3n) is 4.45. The number of rotatable bonds is 4. The van der Waals surface area contributed by atoms with E-state index in [9.17, 15) is 8.42 Å². The van der Waals surface area contributed by atoms with Gasteiger partial charge in [-0.25, -0.2) is 8.42 Å². The van der Waals surface area contributed by atoms with Crippen molar-refractivity contribution in [2.75, 3.05) is 0 Å². The fourth-order valence-corrected chi connectivity index (χ4v) is 4.25. The zero-order valence-corrected chi connectivity index (χ0v) is 18.2. The summed E-state index contributed by atoms with van der Waals surface area (Å²) in [6.45, 7) is 11.5. The number of hydrogen-bond acceptors (Lipinski definition) is 6. The van der Waals surface area contributed by atoms with Crippen LogP contribution in [-0.4, -0.2) is 8.42 Å². The largest absolute Gasteiger partial charge is 0.388 e. The summed E-state index contributed by atoms with van der Waals surface area (Å²) >= 11 is 0. The van der Waals surface area contributed by atoms with E-state index in [2.05, 4.69) is 0 Å².